The van der Waals surface area contributed by atoms with Gasteiger partial charge in [-0.1, -0.05) is 55.5 Å². The van der Waals surface area contributed by atoms with Gasteiger partial charge in [0.25, 0.3) is 0 Å². The molecule has 1 saturated heterocycles. The van der Waals surface area contributed by atoms with Crippen LogP contribution < -0.4 is 5.32 Å². The van der Waals surface area contributed by atoms with Crippen LogP contribution >= 0.6 is 0 Å². The molecule has 0 radical (unpaired) electrons. The molecular weight excluding hydrogens is 444 g/mol. The molecule has 0 aromatic heterocycles. The maximum atomic E-state index is 13.4. The van der Waals surface area contributed by atoms with Crippen LogP contribution in [0.25, 0.3) is 11.1 Å². The lowest BCUT2D eigenvalue weighted by molar-refractivity contribution is -0.148. The molecule has 1 heterocycles. The van der Waals surface area contributed by atoms with Crippen molar-refractivity contribution in [2.24, 2.45) is 5.41 Å². The second-order valence-corrected chi connectivity index (χ2v) is 9.84. The number of hydrogen-bond donors (Lipinski definition) is 2. The molecule has 2 aromatic carbocycles. The molecule has 2 amide bonds. The van der Waals surface area contributed by atoms with Crippen molar-refractivity contribution in [3.63, 3.8) is 0 Å². The molecule has 0 bridgehead atoms. The van der Waals surface area contributed by atoms with E-state index >= 15 is 0 Å². The van der Waals surface area contributed by atoms with Gasteiger partial charge in [0.1, 0.15) is 6.61 Å². The Balaban J connectivity index is 1.38. The maximum absolute atomic E-state index is 13.4. The molecule has 1 aliphatic carbocycles. The summed E-state index contributed by atoms with van der Waals surface area (Å²) >= 11 is 0. The Hall–Kier alpha value is -3.35. The van der Waals surface area contributed by atoms with Gasteiger partial charge < -0.3 is 20.1 Å². The quantitative estimate of drug-likeness (QED) is 0.568. The predicted octanol–water partition coefficient (Wildman–Crippen LogP) is 4.80. The van der Waals surface area contributed by atoms with Gasteiger partial charge in [-0.05, 0) is 54.9 Å². The molecule has 0 spiro atoms. The third-order valence-electron chi connectivity index (χ3n) is 7.56. The molecule has 2 aromatic rings. The van der Waals surface area contributed by atoms with Gasteiger partial charge in [-0.3, -0.25) is 9.59 Å². The lowest BCUT2D eigenvalue weighted by Gasteiger charge is -2.40. The van der Waals surface area contributed by atoms with E-state index in [9.17, 15) is 19.5 Å². The Morgan fingerprint density at radius 2 is 1.69 bits per heavy atom. The molecule has 1 aliphatic heterocycles. The molecule has 7 nitrogen and oxygen atoms in total. The molecule has 2 atom stereocenters. The van der Waals surface area contributed by atoms with E-state index in [1.165, 1.54) is 11.1 Å². The van der Waals surface area contributed by atoms with Crippen molar-refractivity contribution in [3.8, 4) is 11.1 Å². The Morgan fingerprint density at radius 3 is 2.29 bits per heavy atom. The Kier molecular flexibility index (Phi) is 7.43. The highest BCUT2D eigenvalue weighted by atomic mass is 16.5. The second kappa shape index (κ2) is 10.5. The number of nitrogens with zero attached hydrogens (tertiary/aromatic N) is 1. The number of fused-ring (bicyclic) bond motifs is 3. The van der Waals surface area contributed by atoms with E-state index < -0.39 is 17.5 Å². The summed E-state index contributed by atoms with van der Waals surface area (Å²) in [5.74, 6) is -1.04. The Bertz CT molecular complexity index is 1050. The van der Waals surface area contributed by atoms with Crippen LogP contribution in [0.2, 0.25) is 0 Å². The van der Waals surface area contributed by atoms with Crippen LogP contribution in [0.1, 0.15) is 63.0 Å². The van der Waals surface area contributed by atoms with Gasteiger partial charge in [-0.2, -0.15) is 0 Å². The van der Waals surface area contributed by atoms with Crippen LogP contribution in [0.3, 0.4) is 0 Å². The minimum absolute atomic E-state index is 0.0301. The average Bonchev–Trinajstić information content (AvgIpc) is 3.19. The molecule has 7 heteroatoms. The van der Waals surface area contributed by atoms with Gasteiger partial charge in [-0.25, -0.2) is 4.79 Å². The number of alkyl carbamates (subject to hydrolysis) is 1. The zero-order chi connectivity index (χ0) is 25.0. The average molecular weight is 479 g/mol. The molecule has 1 unspecified atom stereocenters. The van der Waals surface area contributed by atoms with Crippen LogP contribution in [0.15, 0.2) is 48.5 Å². The maximum Gasteiger partial charge on any atom is 0.407 e. The summed E-state index contributed by atoms with van der Waals surface area (Å²) in [5, 5.41) is 12.1. The van der Waals surface area contributed by atoms with Crippen LogP contribution in [-0.2, 0) is 14.3 Å². The van der Waals surface area contributed by atoms with Gasteiger partial charge in [0.2, 0.25) is 5.91 Å². The fourth-order valence-corrected chi connectivity index (χ4v) is 5.30. The molecule has 4 rings (SSSR count). The lowest BCUT2D eigenvalue weighted by atomic mass is 9.84. The monoisotopic (exact) mass is 478 g/mol. The van der Waals surface area contributed by atoms with Crippen molar-refractivity contribution < 1.29 is 24.2 Å². The molecule has 35 heavy (non-hydrogen) atoms. The fourth-order valence-electron chi connectivity index (χ4n) is 5.30. The highest BCUT2D eigenvalue weighted by molar-refractivity contribution is 5.84. The van der Waals surface area contributed by atoms with Crippen molar-refractivity contribution in [1.29, 1.82) is 0 Å². The molecule has 2 N–H and O–H groups in total. The standard InChI is InChI=1S/C28H34N2O5/c1-3-28(2,26(33)30-15-9-8-10-19(30)16-25(31)32)18-29-27(34)35-17-24-22-13-6-4-11-20(22)21-12-5-7-14-23(21)24/h4-7,11-14,19,24H,3,8-10,15-18H2,1-2H3,(H,29,34)(H,31,32)/t19-,28?/m1/s1. The first-order valence-electron chi connectivity index (χ1n) is 12.5. The van der Waals surface area contributed by atoms with Crippen LogP contribution in [-0.4, -0.2) is 53.7 Å². The van der Waals surface area contributed by atoms with Gasteiger partial charge in [0.15, 0.2) is 0 Å². The van der Waals surface area contributed by atoms with Crippen molar-refractivity contribution in [3.05, 3.63) is 59.7 Å². The number of piperidine rings is 1. The number of nitrogens with one attached hydrogen (secondary N) is 1. The third kappa shape index (κ3) is 5.19. The normalized spacial score (nSPS) is 18.8. The van der Waals surface area contributed by atoms with Gasteiger partial charge >= 0.3 is 12.1 Å². The van der Waals surface area contributed by atoms with Crippen molar-refractivity contribution in [1.82, 2.24) is 10.2 Å². The summed E-state index contributed by atoms with van der Waals surface area (Å²) in [6.07, 6.45) is 2.39. The van der Waals surface area contributed by atoms with E-state index in [1.54, 1.807) is 4.90 Å². The molecule has 1 fully saturated rings. The third-order valence-corrected chi connectivity index (χ3v) is 7.56. The molecule has 0 saturated carbocycles. The molecule has 2 aliphatic rings. The number of carboxylic acid groups (broad SMARTS) is 1. The Labute approximate surface area is 206 Å². The van der Waals surface area contributed by atoms with Crippen molar-refractivity contribution in [2.45, 2.75) is 57.9 Å². The minimum Gasteiger partial charge on any atom is -0.481 e. The van der Waals surface area contributed by atoms with E-state index in [1.807, 2.05) is 38.1 Å². The SMILES string of the molecule is CCC(C)(CNC(=O)OCC1c2ccccc2-c2ccccc21)C(=O)N1CCCC[C@@H]1CC(=O)O. The number of amides is 2. The lowest BCUT2D eigenvalue weighted by Crippen LogP contribution is -2.53. The number of rotatable bonds is 8. The molecular formula is C28H34N2O5. The summed E-state index contributed by atoms with van der Waals surface area (Å²) in [6, 6.07) is 16.0. The predicted molar refractivity (Wildman–Crippen MR) is 133 cm³/mol. The van der Waals surface area contributed by atoms with Crippen LogP contribution in [0.4, 0.5) is 4.79 Å². The highest BCUT2D eigenvalue weighted by Gasteiger charge is 2.40. The second-order valence-electron chi connectivity index (χ2n) is 9.84. The zero-order valence-corrected chi connectivity index (χ0v) is 20.5. The fraction of sp³-hybridized carbons (Fsp3) is 0.464. The van der Waals surface area contributed by atoms with E-state index in [-0.39, 0.29) is 37.4 Å². The van der Waals surface area contributed by atoms with Gasteiger partial charge in [0, 0.05) is 25.0 Å². The number of benzene rings is 2. The summed E-state index contributed by atoms with van der Waals surface area (Å²) in [7, 11) is 0. The van der Waals surface area contributed by atoms with Crippen LogP contribution in [0, 0.1) is 5.41 Å². The topological polar surface area (TPSA) is 95.9 Å². The number of carbonyl (C=O) groups is 3. The highest BCUT2D eigenvalue weighted by Crippen LogP contribution is 2.44. The summed E-state index contributed by atoms with van der Waals surface area (Å²) in [6.45, 7) is 4.63. The van der Waals surface area contributed by atoms with Crippen LogP contribution in [0.5, 0.6) is 0 Å². The summed E-state index contributed by atoms with van der Waals surface area (Å²) in [5.41, 5.74) is 3.78. The van der Waals surface area contributed by atoms with Crippen molar-refractivity contribution >= 4 is 18.0 Å². The van der Waals surface area contributed by atoms with E-state index in [2.05, 4.69) is 29.6 Å². The first kappa shape index (κ1) is 24.8. The number of hydrogen-bond acceptors (Lipinski definition) is 4. The number of carboxylic acids is 1. The van der Waals surface area contributed by atoms with E-state index in [0.29, 0.717) is 19.4 Å². The number of carbonyl (C=O) groups excluding carboxylic acids is 2. The molecule has 186 valence electrons. The number of ether oxygens (including phenoxy) is 1. The van der Waals surface area contributed by atoms with E-state index in [0.717, 1.165) is 24.0 Å². The Morgan fingerprint density at radius 1 is 1.06 bits per heavy atom. The van der Waals surface area contributed by atoms with E-state index in [4.69, 9.17) is 4.74 Å². The van der Waals surface area contributed by atoms with Gasteiger partial charge in [0.05, 0.1) is 11.8 Å². The first-order chi connectivity index (χ1) is 16.8. The minimum atomic E-state index is -0.898. The first-order valence-corrected chi connectivity index (χ1v) is 12.5. The largest absolute Gasteiger partial charge is 0.481 e. The number of likely N-dealkylation sites (tertiary alicyclic amines) is 1. The summed E-state index contributed by atoms with van der Waals surface area (Å²) in [4.78, 5) is 39.1. The summed E-state index contributed by atoms with van der Waals surface area (Å²) < 4.78 is 5.63. The number of aliphatic carboxylic acids is 1. The smallest absolute Gasteiger partial charge is 0.407 e. The zero-order valence-electron chi connectivity index (χ0n) is 20.5. The van der Waals surface area contributed by atoms with Crippen molar-refractivity contribution in [2.75, 3.05) is 19.7 Å². The van der Waals surface area contributed by atoms with Gasteiger partial charge in [-0.15, -0.1) is 0 Å².